The molecule has 0 bridgehead atoms. The van der Waals surface area contributed by atoms with Gasteiger partial charge in [0.1, 0.15) is 6.23 Å². The number of aromatic nitrogens is 2. The van der Waals surface area contributed by atoms with Gasteiger partial charge >= 0.3 is 5.97 Å². The molecule has 3 rings (SSSR count). The Morgan fingerprint density at radius 3 is 3.21 bits per heavy atom. The van der Waals surface area contributed by atoms with E-state index in [9.17, 15) is 4.79 Å². The standard InChI is InChI=1S/C14H20N2O3/c1-2-18-14(17)12-7-11(12)10-8-15-16(9-10)13-5-3-4-6-19-13/h8-9,11-13H,2-7H2,1H3/t11-,12+,13?/m0/s1. The summed E-state index contributed by atoms with van der Waals surface area (Å²) in [5.41, 5.74) is 1.13. The van der Waals surface area contributed by atoms with Gasteiger partial charge in [-0.05, 0) is 38.2 Å². The lowest BCUT2D eigenvalue weighted by molar-refractivity contribution is -0.144. The van der Waals surface area contributed by atoms with Crippen LogP contribution in [0.1, 0.15) is 50.3 Å². The zero-order valence-corrected chi connectivity index (χ0v) is 11.2. The lowest BCUT2D eigenvalue weighted by atomic mass is 10.2. The molecule has 3 atom stereocenters. The second kappa shape index (κ2) is 5.33. The number of nitrogens with zero attached hydrogens (tertiary/aromatic N) is 2. The molecule has 1 saturated heterocycles. The molecule has 0 amide bonds. The highest BCUT2D eigenvalue weighted by atomic mass is 16.5. The molecule has 1 aromatic heterocycles. The summed E-state index contributed by atoms with van der Waals surface area (Å²) in [7, 11) is 0. The van der Waals surface area contributed by atoms with Crippen LogP contribution in [-0.2, 0) is 14.3 Å². The number of carbonyl (C=O) groups is 1. The summed E-state index contributed by atoms with van der Waals surface area (Å²) in [6, 6.07) is 0. The molecule has 1 unspecified atom stereocenters. The fraction of sp³-hybridized carbons (Fsp3) is 0.714. The van der Waals surface area contributed by atoms with Crippen molar-refractivity contribution in [3.63, 3.8) is 0 Å². The van der Waals surface area contributed by atoms with Crippen LogP contribution >= 0.6 is 0 Å². The van der Waals surface area contributed by atoms with Gasteiger partial charge in [0.15, 0.2) is 0 Å². The van der Waals surface area contributed by atoms with Gasteiger partial charge in [0, 0.05) is 18.7 Å². The van der Waals surface area contributed by atoms with Gasteiger partial charge in [-0.3, -0.25) is 4.79 Å². The molecule has 2 heterocycles. The first-order chi connectivity index (χ1) is 9.29. The molecule has 0 N–H and O–H groups in total. The van der Waals surface area contributed by atoms with E-state index in [2.05, 4.69) is 5.10 Å². The number of esters is 1. The van der Waals surface area contributed by atoms with E-state index in [1.807, 2.05) is 24.0 Å². The first kappa shape index (κ1) is 12.7. The summed E-state index contributed by atoms with van der Waals surface area (Å²) in [5.74, 6) is 0.246. The zero-order valence-electron chi connectivity index (χ0n) is 11.2. The third-order valence-corrected chi connectivity index (χ3v) is 3.88. The fourth-order valence-corrected chi connectivity index (χ4v) is 2.71. The Balaban J connectivity index is 1.61. The number of hydrogen-bond acceptors (Lipinski definition) is 4. The minimum atomic E-state index is -0.0748. The highest BCUT2D eigenvalue weighted by Gasteiger charge is 2.45. The number of ether oxygens (including phenoxy) is 2. The van der Waals surface area contributed by atoms with E-state index in [1.165, 1.54) is 6.42 Å². The van der Waals surface area contributed by atoms with E-state index in [-0.39, 0.29) is 24.0 Å². The molecular weight excluding hydrogens is 244 g/mol. The van der Waals surface area contributed by atoms with E-state index in [0.29, 0.717) is 6.61 Å². The van der Waals surface area contributed by atoms with E-state index in [1.54, 1.807) is 0 Å². The summed E-state index contributed by atoms with van der Waals surface area (Å²) in [6.45, 7) is 3.11. The molecule has 19 heavy (non-hydrogen) atoms. The third-order valence-electron chi connectivity index (χ3n) is 3.88. The van der Waals surface area contributed by atoms with Crippen LogP contribution in [0.4, 0.5) is 0 Å². The lowest BCUT2D eigenvalue weighted by Crippen LogP contribution is -2.18. The lowest BCUT2D eigenvalue weighted by Gasteiger charge is -2.22. The Hall–Kier alpha value is -1.36. The van der Waals surface area contributed by atoms with Crippen molar-refractivity contribution in [2.24, 2.45) is 5.92 Å². The van der Waals surface area contributed by atoms with Crippen molar-refractivity contribution in [3.8, 4) is 0 Å². The minimum Gasteiger partial charge on any atom is -0.466 e. The molecule has 1 saturated carbocycles. The zero-order chi connectivity index (χ0) is 13.2. The summed E-state index contributed by atoms with van der Waals surface area (Å²) < 4.78 is 12.6. The highest BCUT2D eigenvalue weighted by molar-refractivity contribution is 5.77. The van der Waals surface area contributed by atoms with Gasteiger partial charge in [-0.15, -0.1) is 0 Å². The first-order valence-corrected chi connectivity index (χ1v) is 7.12. The number of carbonyl (C=O) groups excluding carboxylic acids is 1. The van der Waals surface area contributed by atoms with Crippen molar-refractivity contribution in [1.82, 2.24) is 9.78 Å². The molecular formula is C14H20N2O3. The summed E-state index contributed by atoms with van der Waals surface area (Å²) in [5, 5.41) is 4.38. The summed E-state index contributed by atoms with van der Waals surface area (Å²) >= 11 is 0. The van der Waals surface area contributed by atoms with Crippen LogP contribution in [0.3, 0.4) is 0 Å². The first-order valence-electron chi connectivity index (χ1n) is 7.12. The maximum absolute atomic E-state index is 11.6. The van der Waals surface area contributed by atoms with Gasteiger partial charge in [-0.25, -0.2) is 4.68 Å². The summed E-state index contributed by atoms with van der Waals surface area (Å²) in [6.07, 6.45) is 8.19. The van der Waals surface area contributed by atoms with Crippen molar-refractivity contribution in [2.75, 3.05) is 13.2 Å². The quantitative estimate of drug-likeness (QED) is 0.783. The van der Waals surface area contributed by atoms with Crippen molar-refractivity contribution in [1.29, 1.82) is 0 Å². The van der Waals surface area contributed by atoms with Gasteiger partial charge in [-0.2, -0.15) is 5.10 Å². The van der Waals surface area contributed by atoms with Gasteiger partial charge in [0.25, 0.3) is 0 Å². The summed E-state index contributed by atoms with van der Waals surface area (Å²) in [4.78, 5) is 11.6. The predicted octanol–water partition coefficient (Wildman–Crippen LogP) is 2.25. The second-order valence-electron chi connectivity index (χ2n) is 5.28. The maximum Gasteiger partial charge on any atom is 0.309 e. The monoisotopic (exact) mass is 264 g/mol. The van der Waals surface area contributed by atoms with E-state index in [4.69, 9.17) is 9.47 Å². The van der Waals surface area contributed by atoms with Crippen molar-refractivity contribution in [2.45, 2.75) is 44.8 Å². The topological polar surface area (TPSA) is 53.3 Å². The SMILES string of the molecule is CCOC(=O)[C@@H]1C[C@H]1c1cnn(C2CCCCO2)c1. The number of rotatable bonds is 4. The van der Waals surface area contributed by atoms with Crippen LogP contribution in [0, 0.1) is 5.92 Å². The molecule has 2 aliphatic rings. The Bertz CT molecular complexity index is 451. The molecule has 0 spiro atoms. The molecule has 5 heteroatoms. The normalized spacial score (nSPS) is 30.1. The molecule has 1 aliphatic heterocycles. The molecule has 2 fully saturated rings. The average Bonchev–Trinajstić information content (AvgIpc) is 3.10. The van der Waals surface area contributed by atoms with Gasteiger partial charge in [-0.1, -0.05) is 0 Å². The molecule has 0 radical (unpaired) electrons. The van der Waals surface area contributed by atoms with Crippen LogP contribution in [-0.4, -0.2) is 29.0 Å². The molecule has 1 aliphatic carbocycles. The third kappa shape index (κ3) is 2.66. The van der Waals surface area contributed by atoms with Crippen LogP contribution in [0.25, 0.3) is 0 Å². The second-order valence-corrected chi connectivity index (χ2v) is 5.28. The molecule has 5 nitrogen and oxygen atoms in total. The van der Waals surface area contributed by atoms with Crippen molar-refractivity contribution in [3.05, 3.63) is 18.0 Å². The predicted molar refractivity (Wildman–Crippen MR) is 68.5 cm³/mol. The number of hydrogen-bond donors (Lipinski definition) is 0. The van der Waals surface area contributed by atoms with E-state index >= 15 is 0 Å². The largest absolute Gasteiger partial charge is 0.466 e. The van der Waals surface area contributed by atoms with Crippen molar-refractivity contribution < 1.29 is 14.3 Å². The highest BCUT2D eigenvalue weighted by Crippen LogP contribution is 2.48. The van der Waals surface area contributed by atoms with Crippen LogP contribution < -0.4 is 0 Å². The minimum absolute atomic E-state index is 0.0323. The molecule has 104 valence electrons. The van der Waals surface area contributed by atoms with Crippen LogP contribution in [0.5, 0.6) is 0 Å². The van der Waals surface area contributed by atoms with E-state index < -0.39 is 0 Å². The van der Waals surface area contributed by atoms with Crippen LogP contribution in [0.15, 0.2) is 12.4 Å². The Labute approximate surface area is 112 Å². The average molecular weight is 264 g/mol. The Morgan fingerprint density at radius 2 is 2.47 bits per heavy atom. The van der Waals surface area contributed by atoms with Gasteiger partial charge in [0.05, 0.1) is 18.7 Å². The maximum atomic E-state index is 11.6. The fourth-order valence-electron chi connectivity index (χ4n) is 2.71. The Kier molecular flexibility index (Phi) is 3.55. The van der Waals surface area contributed by atoms with Crippen molar-refractivity contribution >= 4 is 5.97 Å². The Morgan fingerprint density at radius 1 is 1.58 bits per heavy atom. The van der Waals surface area contributed by atoms with Gasteiger partial charge < -0.3 is 9.47 Å². The molecule has 0 aromatic carbocycles. The molecule has 1 aromatic rings. The smallest absolute Gasteiger partial charge is 0.309 e. The van der Waals surface area contributed by atoms with Gasteiger partial charge in [0.2, 0.25) is 0 Å². The van der Waals surface area contributed by atoms with E-state index in [0.717, 1.165) is 31.4 Å². The van der Waals surface area contributed by atoms with Crippen LogP contribution in [0.2, 0.25) is 0 Å².